The van der Waals surface area contributed by atoms with Crippen molar-refractivity contribution in [3.63, 3.8) is 0 Å². The number of nitrogens with zero attached hydrogens (tertiary/aromatic N) is 1. The number of nitrogens with one attached hydrogen (secondary N) is 1. The maximum Gasteiger partial charge on any atom is 0.221 e. The molecule has 0 spiro atoms. The summed E-state index contributed by atoms with van der Waals surface area (Å²) in [4.78, 5) is 17.6. The molecule has 5 heteroatoms. The third-order valence-corrected chi connectivity index (χ3v) is 6.32. The van der Waals surface area contributed by atoms with Crippen molar-refractivity contribution in [2.24, 2.45) is 4.99 Å². The van der Waals surface area contributed by atoms with E-state index in [0.717, 1.165) is 33.5 Å². The molecule has 1 aliphatic heterocycles. The molecular weight excluding hydrogens is 432 g/mol. The van der Waals surface area contributed by atoms with E-state index in [4.69, 9.17) is 4.99 Å². The van der Waals surface area contributed by atoms with E-state index >= 15 is 0 Å². The summed E-state index contributed by atoms with van der Waals surface area (Å²) in [5.74, 6) is -0.0760. The minimum Gasteiger partial charge on any atom is -0.326 e. The van der Waals surface area contributed by atoms with Gasteiger partial charge >= 0.3 is 0 Å². The highest BCUT2D eigenvalue weighted by atomic mass is 79.9. The monoisotopic (exact) mass is 450 g/mol. The number of benzene rings is 3. The number of halogens is 1. The Bertz CT molecular complexity index is 1060. The Morgan fingerprint density at radius 1 is 1.07 bits per heavy atom. The van der Waals surface area contributed by atoms with E-state index in [9.17, 15) is 4.79 Å². The number of rotatable bonds is 3. The fraction of sp³-hybridized carbons (Fsp3) is 0.130. The largest absolute Gasteiger partial charge is 0.326 e. The molecule has 0 radical (unpaired) electrons. The Kier molecular flexibility index (Phi) is 5.64. The van der Waals surface area contributed by atoms with Crippen LogP contribution >= 0.6 is 27.7 Å². The minimum absolute atomic E-state index is 0.0760. The molecule has 1 unspecified atom stereocenters. The molecule has 4 rings (SSSR count). The highest BCUT2D eigenvalue weighted by molar-refractivity contribution is 9.10. The summed E-state index contributed by atoms with van der Waals surface area (Å²) in [7, 11) is 0. The number of thioether (sulfide) groups is 1. The molecule has 0 aromatic heterocycles. The molecule has 1 atom stereocenters. The van der Waals surface area contributed by atoms with Gasteiger partial charge in [-0.05, 0) is 47.5 Å². The van der Waals surface area contributed by atoms with Crippen LogP contribution in [0.5, 0.6) is 0 Å². The summed E-state index contributed by atoms with van der Waals surface area (Å²) in [6.07, 6.45) is 0.805. The number of fused-ring (bicyclic) bond motifs is 1. The topological polar surface area (TPSA) is 41.5 Å². The molecule has 1 heterocycles. The van der Waals surface area contributed by atoms with Gasteiger partial charge in [0.2, 0.25) is 5.91 Å². The number of hydrogen-bond donors (Lipinski definition) is 1. The average Bonchev–Trinajstić information content (AvgIpc) is 2.87. The van der Waals surface area contributed by atoms with Crippen LogP contribution in [0, 0.1) is 0 Å². The van der Waals surface area contributed by atoms with Crippen molar-refractivity contribution < 1.29 is 4.79 Å². The van der Waals surface area contributed by atoms with Crippen LogP contribution in [-0.4, -0.2) is 11.6 Å². The molecule has 0 fully saturated rings. The zero-order valence-corrected chi connectivity index (χ0v) is 17.8. The number of carbonyl (C=O) groups excluding carboxylic acids is 1. The van der Waals surface area contributed by atoms with Crippen molar-refractivity contribution in [1.82, 2.24) is 0 Å². The van der Waals surface area contributed by atoms with Crippen LogP contribution in [0.15, 0.2) is 87.2 Å². The van der Waals surface area contributed by atoms with Gasteiger partial charge in [0.25, 0.3) is 0 Å². The van der Waals surface area contributed by atoms with Crippen LogP contribution in [0.25, 0.3) is 0 Å². The maximum atomic E-state index is 11.4. The molecule has 140 valence electrons. The van der Waals surface area contributed by atoms with Gasteiger partial charge in [0, 0.05) is 39.4 Å². The second-order valence-electron chi connectivity index (χ2n) is 6.65. The van der Waals surface area contributed by atoms with E-state index in [2.05, 4.69) is 63.7 Å². The Morgan fingerprint density at radius 3 is 2.71 bits per heavy atom. The first-order valence-corrected chi connectivity index (χ1v) is 10.7. The molecule has 1 N–H and O–H groups in total. The fourth-order valence-electron chi connectivity index (χ4n) is 3.27. The van der Waals surface area contributed by atoms with E-state index in [1.807, 2.05) is 42.1 Å². The number of carbonyl (C=O) groups is 1. The van der Waals surface area contributed by atoms with Gasteiger partial charge in [0.05, 0.1) is 5.69 Å². The minimum atomic E-state index is -0.0760. The van der Waals surface area contributed by atoms with Gasteiger partial charge in [-0.25, -0.2) is 0 Å². The Balaban J connectivity index is 1.77. The first kappa shape index (κ1) is 19.0. The number of hydrogen-bond acceptors (Lipinski definition) is 3. The van der Waals surface area contributed by atoms with Gasteiger partial charge in [-0.15, -0.1) is 11.8 Å². The lowest BCUT2D eigenvalue weighted by Gasteiger charge is -2.17. The van der Waals surface area contributed by atoms with Gasteiger partial charge in [-0.1, -0.05) is 52.3 Å². The molecule has 0 bridgehead atoms. The fourth-order valence-corrected chi connectivity index (χ4v) is 4.90. The predicted molar refractivity (Wildman–Crippen MR) is 121 cm³/mol. The molecule has 1 aliphatic rings. The summed E-state index contributed by atoms with van der Waals surface area (Å²) in [5.41, 5.74) is 5.10. The quantitative estimate of drug-likeness (QED) is 0.478. The number of anilines is 1. The zero-order chi connectivity index (χ0) is 19.5. The summed E-state index contributed by atoms with van der Waals surface area (Å²) < 4.78 is 1.08. The van der Waals surface area contributed by atoms with Crippen LogP contribution in [0.4, 0.5) is 11.4 Å². The van der Waals surface area contributed by atoms with Crippen molar-refractivity contribution >= 4 is 50.7 Å². The number of aliphatic imine (C=N–C) groups is 1. The van der Waals surface area contributed by atoms with Gasteiger partial charge in [0.1, 0.15) is 0 Å². The van der Waals surface area contributed by atoms with Crippen LogP contribution in [0.3, 0.4) is 0 Å². The van der Waals surface area contributed by atoms with Crippen LogP contribution in [-0.2, 0) is 4.79 Å². The third kappa shape index (κ3) is 4.37. The lowest BCUT2D eigenvalue weighted by Crippen LogP contribution is -2.09. The molecule has 28 heavy (non-hydrogen) atoms. The van der Waals surface area contributed by atoms with Gasteiger partial charge in [-0.3, -0.25) is 9.79 Å². The smallest absolute Gasteiger partial charge is 0.221 e. The van der Waals surface area contributed by atoms with Crippen molar-refractivity contribution in [1.29, 1.82) is 0 Å². The predicted octanol–water partition coefficient (Wildman–Crippen LogP) is 6.77. The SMILES string of the molecule is CC(=O)Nc1cccc(C2=Nc3ccccc3SC(c3cccc(Br)c3)C2)c1. The van der Waals surface area contributed by atoms with E-state index in [1.54, 1.807) is 0 Å². The molecule has 3 aromatic carbocycles. The summed E-state index contributed by atoms with van der Waals surface area (Å²) in [5, 5.41) is 3.12. The van der Waals surface area contributed by atoms with Crippen LogP contribution in [0.2, 0.25) is 0 Å². The summed E-state index contributed by atoms with van der Waals surface area (Å²) in [6.45, 7) is 1.52. The van der Waals surface area contributed by atoms with E-state index in [1.165, 1.54) is 17.4 Å². The van der Waals surface area contributed by atoms with Crippen LogP contribution in [0.1, 0.15) is 29.7 Å². The number of para-hydroxylation sites is 1. The van der Waals surface area contributed by atoms with E-state index in [-0.39, 0.29) is 11.2 Å². The van der Waals surface area contributed by atoms with Crippen molar-refractivity contribution in [2.75, 3.05) is 5.32 Å². The van der Waals surface area contributed by atoms with Gasteiger partial charge < -0.3 is 5.32 Å². The van der Waals surface area contributed by atoms with E-state index < -0.39 is 0 Å². The number of amides is 1. The third-order valence-electron chi connectivity index (χ3n) is 4.51. The lowest BCUT2D eigenvalue weighted by atomic mass is 10.0. The molecule has 3 nitrogen and oxygen atoms in total. The normalized spacial score (nSPS) is 15.9. The van der Waals surface area contributed by atoms with Gasteiger partial charge in [0.15, 0.2) is 0 Å². The summed E-state index contributed by atoms with van der Waals surface area (Å²) >= 11 is 5.44. The second-order valence-corrected chi connectivity index (χ2v) is 8.81. The molecule has 0 saturated heterocycles. The van der Waals surface area contributed by atoms with Crippen molar-refractivity contribution in [3.05, 3.63) is 88.4 Å². The molecule has 0 aliphatic carbocycles. The zero-order valence-electron chi connectivity index (χ0n) is 15.4. The van der Waals surface area contributed by atoms with Crippen LogP contribution < -0.4 is 5.32 Å². The Morgan fingerprint density at radius 2 is 1.89 bits per heavy atom. The standard InChI is InChI=1S/C23H19BrN2OS/c1-15(27)25-19-9-5-6-16(13-19)21-14-23(17-7-4-8-18(24)12-17)28-22-11-3-2-10-20(22)26-21/h2-13,23H,14H2,1H3,(H,25,27). The first-order chi connectivity index (χ1) is 13.6. The lowest BCUT2D eigenvalue weighted by molar-refractivity contribution is -0.114. The highest BCUT2D eigenvalue weighted by Crippen LogP contribution is 2.45. The first-order valence-electron chi connectivity index (χ1n) is 9.05. The Hall–Kier alpha value is -2.37. The van der Waals surface area contributed by atoms with Crippen molar-refractivity contribution in [3.8, 4) is 0 Å². The van der Waals surface area contributed by atoms with Gasteiger partial charge in [-0.2, -0.15) is 0 Å². The summed E-state index contributed by atoms with van der Waals surface area (Å²) in [6, 6.07) is 24.6. The highest BCUT2D eigenvalue weighted by Gasteiger charge is 2.22. The molecule has 3 aromatic rings. The molecule has 0 saturated carbocycles. The average molecular weight is 451 g/mol. The van der Waals surface area contributed by atoms with Crippen molar-refractivity contribution in [2.45, 2.75) is 23.5 Å². The Labute approximate surface area is 177 Å². The second kappa shape index (κ2) is 8.33. The molecule has 1 amide bonds. The van der Waals surface area contributed by atoms with E-state index in [0.29, 0.717) is 0 Å². The molecular formula is C23H19BrN2OS. The maximum absolute atomic E-state index is 11.4.